The maximum atomic E-state index is 12.8. The molecule has 0 radical (unpaired) electrons. The highest BCUT2D eigenvalue weighted by atomic mass is 35.5. The van der Waals surface area contributed by atoms with Crippen molar-refractivity contribution < 1.29 is 4.42 Å². The molecule has 4 rings (SSSR count). The molecule has 140 valence electrons. The summed E-state index contributed by atoms with van der Waals surface area (Å²) in [5, 5.41) is 1.23. The Kier molecular flexibility index (Phi) is 5.50. The average molecular weight is 403 g/mol. The lowest BCUT2D eigenvalue weighted by molar-refractivity contribution is 0.121. The third-order valence-corrected chi connectivity index (χ3v) is 5.47. The SMILES string of the molecule is O=c1c(CN2CCN(Cc3ccccc3)CC2)coc2c(Cl)cc(Cl)cc12. The van der Waals surface area contributed by atoms with E-state index in [2.05, 4.69) is 34.1 Å². The second kappa shape index (κ2) is 8.03. The molecule has 0 unspecified atom stereocenters. The van der Waals surface area contributed by atoms with E-state index in [-0.39, 0.29) is 5.43 Å². The fourth-order valence-electron chi connectivity index (χ4n) is 3.50. The molecule has 1 saturated heterocycles. The van der Waals surface area contributed by atoms with Crippen molar-refractivity contribution in [2.45, 2.75) is 13.1 Å². The molecule has 2 heterocycles. The Morgan fingerprint density at radius 2 is 1.59 bits per heavy atom. The number of fused-ring (bicyclic) bond motifs is 1. The van der Waals surface area contributed by atoms with Crippen LogP contribution in [0, 0.1) is 0 Å². The van der Waals surface area contributed by atoms with Gasteiger partial charge in [0.15, 0.2) is 11.0 Å². The van der Waals surface area contributed by atoms with E-state index in [4.69, 9.17) is 27.6 Å². The van der Waals surface area contributed by atoms with Gasteiger partial charge in [-0.15, -0.1) is 0 Å². The van der Waals surface area contributed by atoms with Gasteiger partial charge in [-0.05, 0) is 17.7 Å². The predicted molar refractivity (Wildman–Crippen MR) is 110 cm³/mol. The minimum Gasteiger partial charge on any atom is -0.462 e. The lowest BCUT2D eigenvalue weighted by Gasteiger charge is -2.34. The van der Waals surface area contributed by atoms with Gasteiger partial charge < -0.3 is 4.42 Å². The summed E-state index contributed by atoms with van der Waals surface area (Å²) in [5.41, 5.74) is 2.29. The summed E-state index contributed by atoms with van der Waals surface area (Å²) in [5.74, 6) is 0. The number of rotatable bonds is 4. The van der Waals surface area contributed by atoms with E-state index in [9.17, 15) is 4.79 Å². The normalized spacial score (nSPS) is 16.1. The van der Waals surface area contributed by atoms with Crippen LogP contribution in [-0.2, 0) is 13.1 Å². The molecule has 0 amide bonds. The monoisotopic (exact) mass is 402 g/mol. The third kappa shape index (κ3) is 4.19. The predicted octanol–water partition coefficient (Wildman–Crippen LogP) is 4.42. The number of benzene rings is 2. The van der Waals surface area contributed by atoms with Gasteiger partial charge in [-0.3, -0.25) is 14.6 Å². The molecular weight excluding hydrogens is 383 g/mol. The standard InChI is InChI=1S/C21H20Cl2N2O2/c22-17-10-18-20(26)16(14-27-21(18)19(23)11-17)13-25-8-6-24(7-9-25)12-15-4-2-1-3-5-15/h1-5,10-11,14H,6-9,12-13H2. The van der Waals surface area contributed by atoms with Crippen molar-refractivity contribution in [1.82, 2.24) is 9.80 Å². The first-order chi connectivity index (χ1) is 13.1. The number of halogens is 2. The molecule has 0 spiro atoms. The minimum atomic E-state index is -0.0626. The Hall–Kier alpha value is -1.85. The molecule has 1 aliphatic heterocycles. The Labute approximate surface area is 167 Å². The molecule has 0 aliphatic carbocycles. The first kappa shape index (κ1) is 18.5. The highest BCUT2D eigenvalue weighted by Crippen LogP contribution is 2.26. The Morgan fingerprint density at radius 1 is 0.926 bits per heavy atom. The van der Waals surface area contributed by atoms with Crippen molar-refractivity contribution in [3.8, 4) is 0 Å². The van der Waals surface area contributed by atoms with Gasteiger partial charge in [0.25, 0.3) is 0 Å². The second-order valence-corrected chi connectivity index (χ2v) is 7.74. The van der Waals surface area contributed by atoms with E-state index < -0.39 is 0 Å². The van der Waals surface area contributed by atoms with Gasteiger partial charge in [0.05, 0.1) is 16.7 Å². The Balaban J connectivity index is 1.43. The first-order valence-corrected chi connectivity index (χ1v) is 9.74. The molecular formula is C21H20Cl2N2O2. The van der Waals surface area contributed by atoms with Crippen molar-refractivity contribution in [2.24, 2.45) is 0 Å². The van der Waals surface area contributed by atoms with E-state index >= 15 is 0 Å². The molecule has 1 fully saturated rings. The average Bonchev–Trinajstić information content (AvgIpc) is 2.67. The van der Waals surface area contributed by atoms with Gasteiger partial charge in [-0.2, -0.15) is 0 Å². The Bertz CT molecular complexity index is 996. The highest BCUT2D eigenvalue weighted by Gasteiger charge is 2.19. The van der Waals surface area contributed by atoms with Crippen LogP contribution < -0.4 is 5.43 Å². The number of nitrogens with zero attached hydrogens (tertiary/aromatic N) is 2. The van der Waals surface area contributed by atoms with Crippen molar-refractivity contribution in [2.75, 3.05) is 26.2 Å². The van der Waals surface area contributed by atoms with Crippen LogP contribution in [0.5, 0.6) is 0 Å². The van der Waals surface area contributed by atoms with Crippen LogP contribution >= 0.6 is 23.2 Å². The summed E-state index contributed by atoms with van der Waals surface area (Å²) in [4.78, 5) is 17.5. The minimum absolute atomic E-state index is 0.0626. The van der Waals surface area contributed by atoms with Crippen LogP contribution in [0.2, 0.25) is 10.0 Å². The van der Waals surface area contributed by atoms with Gasteiger partial charge >= 0.3 is 0 Å². The molecule has 1 aromatic heterocycles. The number of hydrogen-bond donors (Lipinski definition) is 0. The number of hydrogen-bond acceptors (Lipinski definition) is 4. The summed E-state index contributed by atoms with van der Waals surface area (Å²) in [6, 6.07) is 13.7. The van der Waals surface area contributed by atoms with Crippen LogP contribution in [0.3, 0.4) is 0 Å². The van der Waals surface area contributed by atoms with Gasteiger partial charge in [-0.25, -0.2) is 0 Å². The molecule has 3 aromatic rings. The lowest BCUT2D eigenvalue weighted by Crippen LogP contribution is -2.45. The fourth-order valence-corrected chi connectivity index (χ4v) is 4.04. The molecule has 0 atom stereocenters. The molecule has 6 heteroatoms. The highest BCUT2D eigenvalue weighted by molar-refractivity contribution is 6.38. The van der Waals surface area contributed by atoms with Crippen molar-refractivity contribution in [3.05, 3.63) is 80.1 Å². The van der Waals surface area contributed by atoms with Crippen LogP contribution in [0.15, 0.2) is 57.9 Å². The maximum absolute atomic E-state index is 12.8. The maximum Gasteiger partial charge on any atom is 0.197 e. The molecule has 4 nitrogen and oxygen atoms in total. The van der Waals surface area contributed by atoms with E-state index in [1.54, 1.807) is 12.1 Å². The zero-order valence-corrected chi connectivity index (χ0v) is 16.3. The zero-order valence-electron chi connectivity index (χ0n) is 14.8. The van der Waals surface area contributed by atoms with Gasteiger partial charge in [-0.1, -0.05) is 53.5 Å². The van der Waals surface area contributed by atoms with Crippen molar-refractivity contribution in [3.63, 3.8) is 0 Å². The largest absolute Gasteiger partial charge is 0.462 e. The van der Waals surface area contributed by atoms with E-state index in [1.807, 2.05) is 6.07 Å². The first-order valence-electron chi connectivity index (χ1n) is 8.98. The quantitative estimate of drug-likeness (QED) is 0.647. The van der Waals surface area contributed by atoms with Crippen LogP contribution in [0.1, 0.15) is 11.1 Å². The van der Waals surface area contributed by atoms with Crippen molar-refractivity contribution in [1.29, 1.82) is 0 Å². The van der Waals surface area contributed by atoms with Gasteiger partial charge in [0, 0.05) is 49.9 Å². The summed E-state index contributed by atoms with van der Waals surface area (Å²) in [7, 11) is 0. The van der Waals surface area contributed by atoms with E-state index in [1.165, 1.54) is 11.8 Å². The Morgan fingerprint density at radius 3 is 2.30 bits per heavy atom. The summed E-state index contributed by atoms with van der Waals surface area (Å²) in [6.07, 6.45) is 1.53. The van der Waals surface area contributed by atoms with Crippen LogP contribution in [0.25, 0.3) is 11.0 Å². The molecule has 0 bridgehead atoms. The molecule has 0 saturated carbocycles. The van der Waals surface area contributed by atoms with Crippen LogP contribution in [-0.4, -0.2) is 36.0 Å². The smallest absolute Gasteiger partial charge is 0.197 e. The molecule has 0 N–H and O–H groups in total. The molecule has 1 aliphatic rings. The van der Waals surface area contributed by atoms with E-state index in [0.29, 0.717) is 33.1 Å². The third-order valence-electron chi connectivity index (χ3n) is 4.97. The summed E-state index contributed by atoms with van der Waals surface area (Å²) >= 11 is 12.2. The second-order valence-electron chi connectivity index (χ2n) is 6.89. The topological polar surface area (TPSA) is 36.7 Å². The lowest BCUT2D eigenvalue weighted by atomic mass is 10.1. The summed E-state index contributed by atoms with van der Waals surface area (Å²) < 4.78 is 5.62. The van der Waals surface area contributed by atoms with Gasteiger partial charge in [0.2, 0.25) is 0 Å². The van der Waals surface area contributed by atoms with Gasteiger partial charge in [0.1, 0.15) is 0 Å². The van der Waals surface area contributed by atoms with Crippen molar-refractivity contribution >= 4 is 34.2 Å². The zero-order chi connectivity index (χ0) is 18.8. The summed E-state index contributed by atoms with van der Waals surface area (Å²) in [6.45, 7) is 5.32. The molecule has 2 aromatic carbocycles. The molecule has 27 heavy (non-hydrogen) atoms. The van der Waals surface area contributed by atoms with Crippen LogP contribution in [0.4, 0.5) is 0 Å². The fraction of sp³-hybridized carbons (Fsp3) is 0.286. The number of piperazine rings is 1. The van der Waals surface area contributed by atoms with E-state index in [0.717, 1.165) is 32.7 Å².